The largest absolute Gasteiger partial charge is 0.364 e. The number of hydrogen-bond donors (Lipinski definition) is 0. The Labute approximate surface area is 175 Å². The van der Waals surface area contributed by atoms with Gasteiger partial charge in [0.25, 0.3) is 0 Å². The van der Waals surface area contributed by atoms with Crippen molar-refractivity contribution in [2.45, 2.75) is 30.7 Å². The lowest BCUT2D eigenvalue weighted by molar-refractivity contribution is -0.123. The van der Waals surface area contributed by atoms with Crippen LogP contribution < -0.4 is 9.80 Å². The van der Waals surface area contributed by atoms with Gasteiger partial charge < -0.3 is 4.90 Å². The van der Waals surface area contributed by atoms with Crippen molar-refractivity contribution in [2.75, 3.05) is 16.3 Å². The Morgan fingerprint density at radius 3 is 2.43 bits per heavy atom. The molecule has 0 aromatic heterocycles. The molecule has 4 heteroatoms. The van der Waals surface area contributed by atoms with Crippen LogP contribution in [0, 0.1) is 0 Å². The van der Waals surface area contributed by atoms with E-state index in [2.05, 4.69) is 35.2 Å². The molecule has 0 aliphatic carbocycles. The van der Waals surface area contributed by atoms with Crippen molar-refractivity contribution in [3.8, 4) is 0 Å². The van der Waals surface area contributed by atoms with Crippen molar-refractivity contribution in [1.29, 1.82) is 0 Å². The predicted octanol–water partition coefficient (Wildman–Crippen LogP) is 4.40. The summed E-state index contributed by atoms with van der Waals surface area (Å²) in [6.07, 6.45) is 1.86. The number of para-hydroxylation sites is 2. The van der Waals surface area contributed by atoms with Crippen molar-refractivity contribution in [1.82, 2.24) is 0 Å². The first kappa shape index (κ1) is 17.5. The number of benzene rings is 3. The molecule has 3 aliphatic rings. The van der Waals surface area contributed by atoms with Gasteiger partial charge in [0.15, 0.2) is 0 Å². The number of nitrogens with zero attached hydrogens (tertiary/aromatic N) is 2. The Bertz CT molecular complexity index is 1170. The SMILES string of the molecule is O=C1CC2(CC3c4ccccc4CCN3c3ccccc32)C(=O)N1c1ccccc1. The molecule has 4 nitrogen and oxygen atoms in total. The van der Waals surface area contributed by atoms with E-state index in [1.165, 1.54) is 16.0 Å². The second-order valence-electron chi connectivity index (χ2n) is 8.51. The number of carbonyl (C=O) groups excluding carboxylic acids is 2. The smallest absolute Gasteiger partial charge is 0.245 e. The molecule has 0 saturated carbocycles. The Morgan fingerprint density at radius 1 is 0.833 bits per heavy atom. The van der Waals surface area contributed by atoms with E-state index in [4.69, 9.17) is 0 Å². The standard InChI is InChI=1S/C26H22N2O2/c29-24-17-26(25(30)28(24)19-9-2-1-3-10-19)16-23-20-11-5-4-8-18(20)14-15-27(23)22-13-7-6-12-21(22)26/h1-13,23H,14-17H2. The third-order valence-electron chi connectivity index (χ3n) is 7.01. The highest BCUT2D eigenvalue weighted by molar-refractivity contribution is 6.25. The van der Waals surface area contributed by atoms with Crippen molar-refractivity contribution in [2.24, 2.45) is 0 Å². The first-order valence-electron chi connectivity index (χ1n) is 10.6. The topological polar surface area (TPSA) is 40.6 Å². The molecule has 3 aromatic carbocycles. The highest BCUT2D eigenvalue weighted by Crippen LogP contribution is 2.54. The lowest BCUT2D eigenvalue weighted by atomic mass is 9.68. The van der Waals surface area contributed by atoms with Crippen LogP contribution in [-0.4, -0.2) is 18.4 Å². The maximum atomic E-state index is 13.9. The molecule has 0 N–H and O–H groups in total. The van der Waals surface area contributed by atoms with Crippen LogP contribution in [0.3, 0.4) is 0 Å². The summed E-state index contributed by atoms with van der Waals surface area (Å²) < 4.78 is 0. The fourth-order valence-corrected chi connectivity index (χ4v) is 5.68. The van der Waals surface area contributed by atoms with Gasteiger partial charge >= 0.3 is 0 Å². The van der Waals surface area contributed by atoms with Crippen LogP contribution in [0.5, 0.6) is 0 Å². The van der Waals surface area contributed by atoms with Crippen molar-refractivity contribution >= 4 is 23.2 Å². The molecule has 1 spiro atoms. The van der Waals surface area contributed by atoms with Gasteiger partial charge in [-0.2, -0.15) is 0 Å². The second kappa shape index (κ2) is 6.30. The van der Waals surface area contributed by atoms with E-state index in [9.17, 15) is 9.59 Å². The zero-order chi connectivity index (χ0) is 20.3. The maximum Gasteiger partial charge on any atom is 0.245 e. The Morgan fingerprint density at radius 2 is 1.57 bits per heavy atom. The van der Waals surface area contributed by atoms with Gasteiger partial charge in [0.1, 0.15) is 0 Å². The van der Waals surface area contributed by atoms with Crippen LogP contribution in [0.15, 0.2) is 78.9 Å². The molecule has 2 atom stereocenters. The maximum absolute atomic E-state index is 13.9. The molecule has 3 aromatic rings. The first-order chi connectivity index (χ1) is 14.7. The average molecular weight is 394 g/mol. The molecule has 0 radical (unpaired) electrons. The van der Waals surface area contributed by atoms with Gasteiger partial charge in [0, 0.05) is 18.7 Å². The monoisotopic (exact) mass is 394 g/mol. The Balaban J connectivity index is 1.53. The quantitative estimate of drug-likeness (QED) is 0.575. The zero-order valence-corrected chi connectivity index (χ0v) is 16.6. The highest BCUT2D eigenvalue weighted by Gasteiger charge is 2.58. The van der Waals surface area contributed by atoms with Crippen LogP contribution in [0.2, 0.25) is 0 Å². The lowest BCUT2D eigenvalue weighted by Gasteiger charge is -2.48. The van der Waals surface area contributed by atoms with Crippen molar-refractivity contribution in [3.05, 3.63) is 95.6 Å². The number of hydrogen-bond acceptors (Lipinski definition) is 3. The molecular weight excluding hydrogens is 372 g/mol. The fraction of sp³-hybridized carbons (Fsp3) is 0.231. The molecule has 0 bridgehead atoms. The number of imide groups is 1. The minimum atomic E-state index is -0.810. The summed E-state index contributed by atoms with van der Waals surface area (Å²) in [4.78, 5) is 30.9. The second-order valence-corrected chi connectivity index (χ2v) is 8.51. The van der Waals surface area contributed by atoms with Gasteiger partial charge in [-0.25, -0.2) is 4.90 Å². The summed E-state index contributed by atoms with van der Waals surface area (Å²) in [6, 6.07) is 26.1. The van der Waals surface area contributed by atoms with Crippen LogP contribution in [0.4, 0.5) is 11.4 Å². The lowest BCUT2D eigenvalue weighted by Crippen LogP contribution is -2.49. The third-order valence-corrected chi connectivity index (χ3v) is 7.01. The first-order valence-corrected chi connectivity index (χ1v) is 10.6. The van der Waals surface area contributed by atoms with Crippen LogP contribution in [0.25, 0.3) is 0 Å². The molecular formula is C26H22N2O2. The van der Waals surface area contributed by atoms with E-state index in [0.29, 0.717) is 12.1 Å². The number of carbonyl (C=O) groups is 2. The van der Waals surface area contributed by atoms with Gasteiger partial charge in [0.05, 0.1) is 17.1 Å². The molecule has 2 amide bonds. The predicted molar refractivity (Wildman–Crippen MR) is 117 cm³/mol. The molecule has 3 heterocycles. The summed E-state index contributed by atoms with van der Waals surface area (Å²) in [5.74, 6) is -0.201. The van der Waals surface area contributed by atoms with E-state index in [-0.39, 0.29) is 24.3 Å². The van der Waals surface area contributed by atoms with Gasteiger partial charge in [-0.15, -0.1) is 0 Å². The minimum Gasteiger partial charge on any atom is -0.364 e. The summed E-state index contributed by atoms with van der Waals surface area (Å²) >= 11 is 0. The van der Waals surface area contributed by atoms with E-state index in [1.54, 1.807) is 0 Å². The van der Waals surface area contributed by atoms with Crippen LogP contribution in [-0.2, 0) is 21.4 Å². The van der Waals surface area contributed by atoms with E-state index < -0.39 is 5.41 Å². The minimum absolute atomic E-state index is 0.0890. The number of amides is 2. The van der Waals surface area contributed by atoms with Gasteiger partial charge in [0.2, 0.25) is 11.8 Å². The number of fused-ring (bicyclic) bond motifs is 6. The van der Waals surface area contributed by atoms with Gasteiger partial charge in [-0.1, -0.05) is 60.7 Å². The number of anilines is 2. The summed E-state index contributed by atoms with van der Waals surface area (Å²) in [5, 5.41) is 0. The summed E-state index contributed by atoms with van der Waals surface area (Å²) in [5.41, 5.74) is 4.58. The van der Waals surface area contributed by atoms with E-state index >= 15 is 0 Å². The fourth-order valence-electron chi connectivity index (χ4n) is 5.68. The molecule has 1 fully saturated rings. The van der Waals surface area contributed by atoms with E-state index in [0.717, 1.165) is 24.2 Å². The van der Waals surface area contributed by atoms with Gasteiger partial charge in [-0.3, -0.25) is 9.59 Å². The van der Waals surface area contributed by atoms with Crippen LogP contribution >= 0.6 is 0 Å². The highest BCUT2D eigenvalue weighted by atomic mass is 16.2. The zero-order valence-electron chi connectivity index (χ0n) is 16.6. The van der Waals surface area contributed by atoms with Crippen molar-refractivity contribution < 1.29 is 9.59 Å². The van der Waals surface area contributed by atoms with Crippen LogP contribution in [0.1, 0.15) is 35.6 Å². The van der Waals surface area contributed by atoms with Crippen molar-refractivity contribution in [3.63, 3.8) is 0 Å². The van der Waals surface area contributed by atoms with Gasteiger partial charge in [-0.05, 0) is 47.7 Å². The molecule has 6 rings (SSSR count). The molecule has 3 aliphatic heterocycles. The Kier molecular flexibility index (Phi) is 3.66. The molecule has 1 saturated heterocycles. The summed E-state index contributed by atoms with van der Waals surface area (Å²) in [6.45, 7) is 0.930. The number of rotatable bonds is 1. The molecule has 30 heavy (non-hydrogen) atoms. The van der Waals surface area contributed by atoms with E-state index in [1.807, 2.05) is 48.5 Å². The summed E-state index contributed by atoms with van der Waals surface area (Å²) in [7, 11) is 0. The Hall–Kier alpha value is -3.40. The molecule has 2 unspecified atom stereocenters. The third kappa shape index (κ3) is 2.28. The average Bonchev–Trinajstić information content (AvgIpc) is 3.04. The normalized spacial score (nSPS) is 24.6. The molecule has 148 valence electrons.